The maximum Gasteiger partial charge on any atom is 0.417 e. The molecule has 1 fully saturated rings. The number of hydrogen-bond donors (Lipinski definition) is 0. The van der Waals surface area contributed by atoms with Crippen molar-refractivity contribution in [3.05, 3.63) is 71.0 Å². The minimum absolute atomic E-state index is 0.102. The maximum absolute atomic E-state index is 13.2. The Bertz CT molecular complexity index is 881. The van der Waals surface area contributed by atoms with Gasteiger partial charge in [0.2, 0.25) is 5.91 Å². The predicted molar refractivity (Wildman–Crippen MR) is 98.6 cm³/mol. The van der Waals surface area contributed by atoms with E-state index in [0.717, 1.165) is 6.07 Å². The zero-order chi connectivity index (χ0) is 21.0. The Balaban J connectivity index is 1.66. The molecule has 0 saturated carbocycles. The van der Waals surface area contributed by atoms with Crippen LogP contribution in [0, 0.1) is 5.82 Å². The summed E-state index contributed by atoms with van der Waals surface area (Å²) >= 11 is 0. The summed E-state index contributed by atoms with van der Waals surface area (Å²) in [6, 6.07) is 10.4. The molecule has 1 heterocycles. The van der Waals surface area contributed by atoms with E-state index in [1.807, 2.05) is 0 Å². The lowest BCUT2D eigenvalue weighted by Crippen LogP contribution is -2.38. The minimum atomic E-state index is -4.62. The summed E-state index contributed by atoms with van der Waals surface area (Å²) in [4.78, 5) is 28.2. The van der Waals surface area contributed by atoms with Crippen LogP contribution in [0.2, 0.25) is 0 Å². The van der Waals surface area contributed by atoms with E-state index in [4.69, 9.17) is 0 Å². The van der Waals surface area contributed by atoms with Crippen molar-refractivity contribution < 1.29 is 27.2 Å². The van der Waals surface area contributed by atoms with Crippen molar-refractivity contribution in [2.75, 3.05) is 26.2 Å². The third kappa shape index (κ3) is 5.13. The van der Waals surface area contributed by atoms with Gasteiger partial charge in [0.25, 0.3) is 5.91 Å². The van der Waals surface area contributed by atoms with Crippen LogP contribution in [0.3, 0.4) is 0 Å². The first-order valence-electron chi connectivity index (χ1n) is 9.23. The third-order valence-electron chi connectivity index (χ3n) is 4.87. The SMILES string of the molecule is O=C(Cc1ccc(F)cc1)N1CCCN(C(=O)c2ccccc2C(F)(F)F)CC1. The molecule has 0 radical (unpaired) electrons. The predicted octanol–water partition coefficient (Wildman–Crippen LogP) is 3.76. The number of rotatable bonds is 3. The first kappa shape index (κ1) is 20.8. The number of amides is 2. The number of alkyl halides is 3. The number of benzene rings is 2. The van der Waals surface area contributed by atoms with Crippen molar-refractivity contribution in [3.8, 4) is 0 Å². The Morgan fingerprint density at radius 1 is 0.862 bits per heavy atom. The number of nitrogens with zero attached hydrogens (tertiary/aromatic N) is 2. The lowest BCUT2D eigenvalue weighted by Gasteiger charge is -2.23. The number of carbonyl (C=O) groups excluding carboxylic acids is 2. The topological polar surface area (TPSA) is 40.6 Å². The van der Waals surface area contributed by atoms with Gasteiger partial charge in [0.1, 0.15) is 5.82 Å². The smallest absolute Gasteiger partial charge is 0.341 e. The Morgan fingerprint density at radius 2 is 1.48 bits per heavy atom. The van der Waals surface area contributed by atoms with Crippen molar-refractivity contribution in [3.63, 3.8) is 0 Å². The standard InChI is InChI=1S/C21H20F4N2O2/c22-16-8-6-15(7-9-16)14-19(28)26-10-3-11-27(13-12-26)20(29)17-4-1-2-5-18(17)21(23,24)25/h1-2,4-9H,3,10-14H2. The molecule has 2 amide bonds. The van der Waals surface area contributed by atoms with Crippen LogP contribution in [0.15, 0.2) is 48.5 Å². The van der Waals surface area contributed by atoms with Crippen molar-refractivity contribution in [1.29, 1.82) is 0 Å². The van der Waals surface area contributed by atoms with Crippen molar-refractivity contribution >= 4 is 11.8 Å². The zero-order valence-corrected chi connectivity index (χ0v) is 15.6. The van der Waals surface area contributed by atoms with Gasteiger partial charge in [0.15, 0.2) is 0 Å². The van der Waals surface area contributed by atoms with E-state index < -0.39 is 17.6 Å². The van der Waals surface area contributed by atoms with E-state index in [-0.39, 0.29) is 43.3 Å². The largest absolute Gasteiger partial charge is 0.417 e. The van der Waals surface area contributed by atoms with Crippen LogP contribution in [-0.4, -0.2) is 47.8 Å². The second kappa shape index (κ2) is 8.63. The van der Waals surface area contributed by atoms with E-state index in [9.17, 15) is 27.2 Å². The van der Waals surface area contributed by atoms with Crippen molar-refractivity contribution in [1.82, 2.24) is 9.80 Å². The molecule has 1 aliphatic rings. The Kier molecular flexibility index (Phi) is 6.20. The third-order valence-corrected chi connectivity index (χ3v) is 4.87. The molecule has 3 rings (SSSR count). The van der Waals surface area contributed by atoms with E-state index in [2.05, 4.69) is 0 Å². The second-order valence-electron chi connectivity index (χ2n) is 6.87. The summed E-state index contributed by atoms with van der Waals surface area (Å²) in [7, 11) is 0. The first-order chi connectivity index (χ1) is 13.8. The van der Waals surface area contributed by atoms with Gasteiger partial charge < -0.3 is 9.80 Å². The molecule has 0 N–H and O–H groups in total. The fourth-order valence-corrected chi connectivity index (χ4v) is 3.35. The highest BCUT2D eigenvalue weighted by atomic mass is 19.4. The molecule has 0 aliphatic carbocycles. The summed E-state index contributed by atoms with van der Waals surface area (Å²) in [5, 5.41) is 0. The Hall–Kier alpha value is -2.90. The average molecular weight is 408 g/mol. The molecule has 154 valence electrons. The summed E-state index contributed by atoms with van der Waals surface area (Å²) in [5.74, 6) is -1.24. The average Bonchev–Trinajstić information content (AvgIpc) is 2.95. The highest BCUT2D eigenvalue weighted by Crippen LogP contribution is 2.32. The molecule has 0 unspecified atom stereocenters. The molecular weight excluding hydrogens is 388 g/mol. The summed E-state index contributed by atoms with van der Waals surface area (Å²) < 4.78 is 52.6. The molecule has 1 saturated heterocycles. The van der Waals surface area contributed by atoms with E-state index in [1.54, 1.807) is 4.90 Å². The van der Waals surface area contributed by atoms with Gasteiger partial charge in [-0.15, -0.1) is 0 Å². The summed E-state index contributed by atoms with van der Waals surface area (Å²) in [6.07, 6.45) is -4.05. The summed E-state index contributed by atoms with van der Waals surface area (Å²) in [6.45, 7) is 1.07. The quantitative estimate of drug-likeness (QED) is 0.726. The molecule has 0 aromatic heterocycles. The van der Waals surface area contributed by atoms with Crippen LogP contribution in [0.5, 0.6) is 0 Å². The molecule has 29 heavy (non-hydrogen) atoms. The molecule has 8 heteroatoms. The van der Waals surface area contributed by atoms with Gasteiger partial charge in [-0.3, -0.25) is 9.59 Å². The molecule has 2 aromatic rings. The highest BCUT2D eigenvalue weighted by molar-refractivity contribution is 5.96. The molecule has 0 spiro atoms. The van der Waals surface area contributed by atoms with Crippen LogP contribution in [0.25, 0.3) is 0 Å². The van der Waals surface area contributed by atoms with Crippen LogP contribution in [0.1, 0.15) is 27.9 Å². The van der Waals surface area contributed by atoms with Crippen molar-refractivity contribution in [2.24, 2.45) is 0 Å². The van der Waals surface area contributed by atoms with Crippen molar-refractivity contribution in [2.45, 2.75) is 19.0 Å². The lowest BCUT2D eigenvalue weighted by molar-refractivity contribution is -0.138. The zero-order valence-electron chi connectivity index (χ0n) is 15.6. The second-order valence-corrected chi connectivity index (χ2v) is 6.87. The van der Waals surface area contributed by atoms with Crippen LogP contribution in [-0.2, 0) is 17.4 Å². The molecule has 2 aromatic carbocycles. The summed E-state index contributed by atoms with van der Waals surface area (Å²) in [5.41, 5.74) is -0.669. The van der Waals surface area contributed by atoms with Gasteiger partial charge in [0, 0.05) is 26.2 Å². The monoisotopic (exact) mass is 408 g/mol. The molecule has 4 nitrogen and oxygen atoms in total. The van der Waals surface area contributed by atoms with Gasteiger partial charge in [-0.2, -0.15) is 13.2 Å². The Labute approximate surface area is 165 Å². The molecule has 1 aliphatic heterocycles. The van der Waals surface area contributed by atoms with Crippen LogP contribution >= 0.6 is 0 Å². The van der Waals surface area contributed by atoms with Gasteiger partial charge in [-0.05, 0) is 36.2 Å². The van der Waals surface area contributed by atoms with E-state index in [0.29, 0.717) is 18.5 Å². The number of halogens is 4. The Morgan fingerprint density at radius 3 is 2.17 bits per heavy atom. The van der Waals surface area contributed by atoms with Gasteiger partial charge in [-0.1, -0.05) is 24.3 Å². The first-order valence-corrected chi connectivity index (χ1v) is 9.23. The lowest BCUT2D eigenvalue weighted by atomic mass is 10.1. The highest BCUT2D eigenvalue weighted by Gasteiger charge is 2.36. The number of hydrogen-bond acceptors (Lipinski definition) is 2. The van der Waals surface area contributed by atoms with Gasteiger partial charge >= 0.3 is 6.18 Å². The van der Waals surface area contributed by atoms with Crippen LogP contribution in [0.4, 0.5) is 17.6 Å². The number of carbonyl (C=O) groups is 2. The molecule has 0 bridgehead atoms. The fourth-order valence-electron chi connectivity index (χ4n) is 3.35. The van der Waals surface area contributed by atoms with Gasteiger partial charge in [0.05, 0.1) is 17.5 Å². The van der Waals surface area contributed by atoms with Crippen LogP contribution < -0.4 is 0 Å². The fraction of sp³-hybridized carbons (Fsp3) is 0.333. The normalized spacial score (nSPS) is 15.2. The van der Waals surface area contributed by atoms with Gasteiger partial charge in [-0.25, -0.2) is 4.39 Å². The molecular formula is C21H20F4N2O2. The molecule has 0 atom stereocenters. The maximum atomic E-state index is 13.2. The minimum Gasteiger partial charge on any atom is -0.341 e. The van der Waals surface area contributed by atoms with E-state index >= 15 is 0 Å². The van der Waals surface area contributed by atoms with E-state index in [1.165, 1.54) is 47.4 Å².